The van der Waals surface area contributed by atoms with Gasteiger partial charge in [-0.1, -0.05) is 41.9 Å². The van der Waals surface area contributed by atoms with Crippen LogP contribution >= 0.6 is 11.6 Å². The van der Waals surface area contributed by atoms with E-state index >= 15 is 0 Å². The molecule has 1 unspecified atom stereocenters. The quantitative estimate of drug-likeness (QED) is 0.784. The Hall–Kier alpha value is -1.60. The fraction of sp³-hybridized carbons (Fsp3) is 0.368. The smallest absolute Gasteiger partial charge is 0.215 e. The first-order chi connectivity index (χ1) is 12.4. The summed E-state index contributed by atoms with van der Waals surface area (Å²) in [7, 11) is 0.391. The van der Waals surface area contributed by atoms with Crippen LogP contribution in [0.4, 0.5) is 0 Å². The number of sulfonamides is 1. The molecule has 0 radical (unpaired) electrons. The zero-order chi connectivity index (χ0) is 18.7. The number of hydrogen-bond donors (Lipinski definition) is 1. The molecule has 1 atom stereocenters. The van der Waals surface area contributed by atoms with E-state index in [-0.39, 0.29) is 11.8 Å². The zero-order valence-electron chi connectivity index (χ0n) is 14.9. The van der Waals surface area contributed by atoms with Crippen molar-refractivity contribution >= 4 is 21.6 Å². The lowest BCUT2D eigenvalue weighted by atomic mass is 10.0. The molecule has 0 bridgehead atoms. The summed E-state index contributed by atoms with van der Waals surface area (Å²) in [6.45, 7) is 0.995. The van der Waals surface area contributed by atoms with Crippen LogP contribution in [0.2, 0.25) is 5.02 Å². The highest BCUT2D eigenvalue weighted by Gasteiger charge is 2.21. The lowest BCUT2D eigenvalue weighted by Crippen LogP contribution is -2.35. The Bertz CT molecular complexity index is 884. The molecule has 0 aromatic heterocycles. The predicted octanol–water partition coefficient (Wildman–Crippen LogP) is 3.00. The van der Waals surface area contributed by atoms with Crippen molar-refractivity contribution in [2.45, 2.75) is 18.2 Å². The summed E-state index contributed by atoms with van der Waals surface area (Å²) in [5.74, 6) is 0.788. The summed E-state index contributed by atoms with van der Waals surface area (Å²) in [4.78, 5) is 2.01. The number of rotatable bonds is 7. The fourth-order valence-corrected chi connectivity index (χ4v) is 4.55. The first kappa shape index (κ1) is 19.2. The van der Waals surface area contributed by atoms with Crippen LogP contribution in [0.3, 0.4) is 0 Å². The van der Waals surface area contributed by atoms with Crippen LogP contribution in [-0.2, 0) is 22.2 Å². The zero-order valence-corrected chi connectivity index (χ0v) is 16.5. The van der Waals surface area contributed by atoms with Gasteiger partial charge in [-0.25, -0.2) is 13.1 Å². The molecule has 1 aliphatic heterocycles. The molecule has 1 N–H and O–H groups in total. The molecule has 2 aromatic carbocycles. The summed E-state index contributed by atoms with van der Waals surface area (Å²) in [6.07, 6.45) is 0.890. The molecule has 1 heterocycles. The highest BCUT2D eigenvalue weighted by atomic mass is 35.5. The monoisotopic (exact) mass is 394 g/mol. The van der Waals surface area contributed by atoms with E-state index in [0.29, 0.717) is 23.7 Å². The molecule has 26 heavy (non-hydrogen) atoms. The van der Waals surface area contributed by atoms with Gasteiger partial charge in [0, 0.05) is 24.0 Å². The Morgan fingerprint density at radius 1 is 1.23 bits per heavy atom. The van der Waals surface area contributed by atoms with E-state index in [4.69, 9.17) is 16.3 Å². The maximum Gasteiger partial charge on any atom is 0.215 e. The van der Waals surface area contributed by atoms with Crippen molar-refractivity contribution in [3.63, 3.8) is 0 Å². The van der Waals surface area contributed by atoms with Crippen molar-refractivity contribution in [2.24, 2.45) is 0 Å². The number of halogens is 1. The summed E-state index contributed by atoms with van der Waals surface area (Å²) in [5.41, 5.74) is 2.84. The van der Waals surface area contributed by atoms with E-state index in [9.17, 15) is 8.42 Å². The van der Waals surface area contributed by atoms with E-state index < -0.39 is 10.0 Å². The Morgan fingerprint density at radius 2 is 2.00 bits per heavy atom. The number of benzene rings is 2. The van der Waals surface area contributed by atoms with Crippen LogP contribution < -0.4 is 9.46 Å². The van der Waals surface area contributed by atoms with Gasteiger partial charge in [-0.15, -0.1) is 0 Å². The largest absolute Gasteiger partial charge is 0.493 e. The van der Waals surface area contributed by atoms with Crippen LogP contribution in [0.1, 0.15) is 22.7 Å². The summed E-state index contributed by atoms with van der Waals surface area (Å²) in [5, 5.41) is 0.459. The van der Waals surface area contributed by atoms with Crippen molar-refractivity contribution < 1.29 is 13.2 Å². The Morgan fingerprint density at radius 3 is 2.73 bits per heavy atom. The molecule has 0 saturated heterocycles. The fourth-order valence-electron chi connectivity index (χ4n) is 3.09. The van der Waals surface area contributed by atoms with E-state index in [2.05, 4.69) is 10.8 Å². The number of ether oxygens (including phenoxy) is 1. The van der Waals surface area contributed by atoms with Gasteiger partial charge < -0.3 is 9.64 Å². The third-order valence-corrected chi connectivity index (χ3v) is 6.19. The van der Waals surface area contributed by atoms with E-state index in [1.54, 1.807) is 24.3 Å². The molecular formula is C19H23ClN2O3S. The maximum atomic E-state index is 12.5. The lowest BCUT2D eigenvalue weighted by Gasteiger charge is -2.25. The van der Waals surface area contributed by atoms with Gasteiger partial charge in [0.1, 0.15) is 5.75 Å². The highest BCUT2D eigenvalue weighted by molar-refractivity contribution is 7.88. The lowest BCUT2D eigenvalue weighted by molar-refractivity contribution is 0.299. The molecule has 0 spiro atoms. The Balaban J connectivity index is 1.71. The van der Waals surface area contributed by atoms with Gasteiger partial charge in [-0.3, -0.25) is 0 Å². The van der Waals surface area contributed by atoms with E-state index in [1.807, 2.05) is 31.1 Å². The molecule has 7 heteroatoms. The van der Waals surface area contributed by atoms with Crippen LogP contribution in [0.25, 0.3) is 0 Å². The number of likely N-dealkylation sites (N-methyl/N-ethyl adjacent to an activating group) is 1. The summed E-state index contributed by atoms with van der Waals surface area (Å²) in [6, 6.07) is 13.0. The minimum Gasteiger partial charge on any atom is -0.493 e. The maximum absolute atomic E-state index is 12.5. The minimum atomic E-state index is -3.49. The second-order valence-electron chi connectivity index (χ2n) is 6.64. The average Bonchev–Trinajstić information content (AvgIpc) is 3.04. The van der Waals surface area contributed by atoms with Crippen molar-refractivity contribution in [2.75, 3.05) is 27.2 Å². The third kappa shape index (κ3) is 4.57. The second-order valence-corrected chi connectivity index (χ2v) is 8.86. The molecule has 5 nitrogen and oxygen atoms in total. The number of nitrogens with one attached hydrogen (secondary N) is 1. The number of fused-ring (bicyclic) bond motifs is 1. The molecule has 0 aliphatic carbocycles. The second kappa shape index (κ2) is 7.96. The van der Waals surface area contributed by atoms with Gasteiger partial charge in [-0.05, 0) is 42.9 Å². The molecule has 1 aliphatic rings. The summed E-state index contributed by atoms with van der Waals surface area (Å²) < 4.78 is 33.2. The van der Waals surface area contributed by atoms with Gasteiger partial charge in [0.2, 0.25) is 10.0 Å². The van der Waals surface area contributed by atoms with Gasteiger partial charge >= 0.3 is 0 Å². The van der Waals surface area contributed by atoms with E-state index in [0.717, 1.165) is 17.7 Å². The molecular weight excluding hydrogens is 372 g/mol. The Kier molecular flexibility index (Phi) is 5.87. The summed E-state index contributed by atoms with van der Waals surface area (Å²) >= 11 is 6.08. The van der Waals surface area contributed by atoms with Crippen molar-refractivity contribution in [3.05, 3.63) is 64.2 Å². The average molecular weight is 395 g/mol. The minimum absolute atomic E-state index is 0.0677. The van der Waals surface area contributed by atoms with Crippen LogP contribution in [0, 0.1) is 0 Å². The van der Waals surface area contributed by atoms with E-state index in [1.165, 1.54) is 5.56 Å². The van der Waals surface area contributed by atoms with Gasteiger partial charge in [0.15, 0.2) is 0 Å². The standard InChI is InChI=1S/C19H23ClN2O3S/c1-22(2)18(14-7-8-19-15(11-14)9-10-25-19)12-21-26(23,24)13-16-5-3-4-6-17(16)20/h3-8,11,18,21H,9-10,12-13H2,1-2H3. The number of hydrogen-bond acceptors (Lipinski definition) is 4. The van der Waals surface area contributed by atoms with Gasteiger partial charge in [0.05, 0.1) is 12.4 Å². The SMILES string of the molecule is CN(C)C(CNS(=O)(=O)Cc1ccccc1Cl)c1ccc2c(c1)CCO2. The van der Waals surface area contributed by atoms with Crippen molar-refractivity contribution in [3.8, 4) is 5.75 Å². The molecule has 3 rings (SSSR count). The van der Waals surface area contributed by atoms with Crippen LogP contribution in [0.5, 0.6) is 5.75 Å². The van der Waals surface area contributed by atoms with Crippen LogP contribution in [-0.4, -0.2) is 40.6 Å². The van der Waals surface area contributed by atoms with Crippen LogP contribution in [0.15, 0.2) is 42.5 Å². The van der Waals surface area contributed by atoms with Gasteiger partial charge in [-0.2, -0.15) is 0 Å². The van der Waals surface area contributed by atoms with Crippen molar-refractivity contribution in [1.29, 1.82) is 0 Å². The first-order valence-corrected chi connectivity index (χ1v) is 10.5. The number of nitrogens with zero attached hydrogens (tertiary/aromatic N) is 1. The molecule has 0 amide bonds. The Labute approximate surface area is 160 Å². The van der Waals surface area contributed by atoms with Crippen molar-refractivity contribution in [1.82, 2.24) is 9.62 Å². The molecule has 2 aromatic rings. The molecule has 140 valence electrons. The van der Waals surface area contributed by atoms with Gasteiger partial charge in [0.25, 0.3) is 0 Å². The molecule has 0 saturated carbocycles. The highest BCUT2D eigenvalue weighted by Crippen LogP contribution is 2.29. The first-order valence-electron chi connectivity index (χ1n) is 8.48. The third-order valence-electron chi connectivity index (χ3n) is 4.52. The normalized spacial score (nSPS) is 14.9. The predicted molar refractivity (Wildman–Crippen MR) is 104 cm³/mol. The topological polar surface area (TPSA) is 58.6 Å². The molecule has 0 fully saturated rings.